The minimum Gasteiger partial charge on any atom is -0.508 e. The van der Waals surface area contributed by atoms with Gasteiger partial charge in [0.15, 0.2) is 0 Å². The summed E-state index contributed by atoms with van der Waals surface area (Å²) in [7, 11) is -4.62. The van der Waals surface area contributed by atoms with Crippen molar-refractivity contribution in [1.82, 2.24) is 0 Å². The van der Waals surface area contributed by atoms with E-state index in [1.165, 1.54) is 18.2 Å². The van der Waals surface area contributed by atoms with Crippen molar-refractivity contribution < 1.29 is 29.1 Å². The Morgan fingerprint density at radius 1 is 0.613 bits per heavy atom. The Kier molecular flexibility index (Phi) is 5.53. The van der Waals surface area contributed by atoms with E-state index in [0.717, 1.165) is 26.9 Å². The number of phosphoric acid groups is 1. The van der Waals surface area contributed by atoms with Crippen molar-refractivity contribution in [1.29, 1.82) is 0 Å². The number of fused-ring (bicyclic) bond motifs is 4. The van der Waals surface area contributed by atoms with Crippen molar-refractivity contribution in [3.05, 3.63) is 91.0 Å². The van der Waals surface area contributed by atoms with E-state index < -0.39 is 7.82 Å². The van der Waals surface area contributed by atoms with Gasteiger partial charge in [0.25, 0.3) is 0 Å². The predicted molar refractivity (Wildman–Crippen MR) is 121 cm³/mol. The molecule has 5 aromatic rings. The molecule has 0 saturated heterocycles. The molecule has 6 nitrogen and oxygen atoms in total. The monoisotopic (exact) mass is 434 g/mol. The summed E-state index contributed by atoms with van der Waals surface area (Å²) in [5.41, 5.74) is 0. The van der Waals surface area contributed by atoms with Gasteiger partial charge in [0.1, 0.15) is 17.2 Å². The van der Waals surface area contributed by atoms with E-state index in [0.29, 0.717) is 5.39 Å². The highest BCUT2D eigenvalue weighted by atomic mass is 31.2. The molecule has 0 amide bonds. The van der Waals surface area contributed by atoms with Gasteiger partial charge >= 0.3 is 7.82 Å². The maximum Gasteiger partial charge on any atom is 0.524 e. The standard InChI is InChI=1S/C18H13O4P.C6H6O2/c19-23(20,21)22-17-7-3-6-12-8-9-15-10-13-4-1-2-5-14(13)11-16(15)18(12)17;7-5-2-1-3-6(8)4-5/h1-11H,(H2,19,20,21);1-4,7-8H. The van der Waals surface area contributed by atoms with Crippen LogP contribution in [0.25, 0.3) is 32.3 Å². The van der Waals surface area contributed by atoms with Crippen molar-refractivity contribution in [2.45, 2.75) is 0 Å². The van der Waals surface area contributed by atoms with Crippen LogP contribution in [-0.4, -0.2) is 20.0 Å². The number of phenolic OH excluding ortho intramolecular Hbond substituents is 2. The molecule has 0 aromatic heterocycles. The third kappa shape index (κ3) is 4.78. The van der Waals surface area contributed by atoms with Crippen LogP contribution in [0.3, 0.4) is 0 Å². The molecule has 5 rings (SSSR count). The number of phosphoric ester groups is 1. The van der Waals surface area contributed by atoms with Crippen LogP contribution in [-0.2, 0) is 4.57 Å². The van der Waals surface area contributed by atoms with Crippen molar-refractivity contribution >= 4 is 40.1 Å². The van der Waals surface area contributed by atoms with Gasteiger partial charge in [-0.15, -0.1) is 0 Å². The van der Waals surface area contributed by atoms with Gasteiger partial charge in [0, 0.05) is 11.5 Å². The van der Waals surface area contributed by atoms with Crippen LogP contribution in [0.4, 0.5) is 0 Å². The SMILES string of the molecule is O=P(O)(O)Oc1cccc2ccc3cc4ccccc4cc3c12.Oc1cccc(O)c1. The minimum absolute atomic E-state index is 0.0880. The van der Waals surface area contributed by atoms with Crippen LogP contribution in [0.5, 0.6) is 17.2 Å². The number of phenols is 2. The molecule has 0 spiro atoms. The molecular formula is C24H19O6P. The molecular weight excluding hydrogens is 415 g/mol. The van der Waals surface area contributed by atoms with Crippen molar-refractivity contribution in [2.24, 2.45) is 0 Å². The Morgan fingerprint density at radius 3 is 1.81 bits per heavy atom. The van der Waals surface area contributed by atoms with Gasteiger partial charge in [-0.05, 0) is 57.3 Å². The number of aromatic hydroxyl groups is 2. The first kappa shape index (κ1) is 20.7. The summed E-state index contributed by atoms with van der Waals surface area (Å²) in [4.78, 5) is 18.3. The molecule has 0 fully saturated rings. The van der Waals surface area contributed by atoms with Gasteiger partial charge in [0.2, 0.25) is 0 Å². The second kappa shape index (κ2) is 8.28. The third-order valence-electron chi connectivity index (χ3n) is 4.74. The Bertz CT molecular complexity index is 1420. The van der Waals surface area contributed by atoms with Crippen molar-refractivity contribution in [3.8, 4) is 17.2 Å². The third-order valence-corrected chi connectivity index (χ3v) is 5.17. The lowest BCUT2D eigenvalue weighted by molar-refractivity contribution is 0.284. The normalized spacial score (nSPS) is 11.3. The Morgan fingerprint density at radius 2 is 1.19 bits per heavy atom. The van der Waals surface area contributed by atoms with Crippen LogP contribution < -0.4 is 4.52 Å². The van der Waals surface area contributed by atoms with Crippen LogP contribution in [0.1, 0.15) is 0 Å². The summed E-state index contributed by atoms with van der Waals surface area (Å²) < 4.78 is 16.2. The lowest BCUT2D eigenvalue weighted by Gasteiger charge is -2.12. The summed E-state index contributed by atoms with van der Waals surface area (Å²) in [6.07, 6.45) is 0. The number of hydrogen-bond acceptors (Lipinski definition) is 4. The van der Waals surface area contributed by atoms with Crippen molar-refractivity contribution in [2.75, 3.05) is 0 Å². The fourth-order valence-corrected chi connectivity index (χ4v) is 3.87. The lowest BCUT2D eigenvalue weighted by Crippen LogP contribution is -1.91. The minimum atomic E-state index is -4.62. The van der Waals surface area contributed by atoms with Gasteiger partial charge in [-0.1, -0.05) is 54.6 Å². The number of hydrogen-bond donors (Lipinski definition) is 4. The van der Waals surface area contributed by atoms with Crippen LogP contribution >= 0.6 is 7.82 Å². The molecule has 0 radical (unpaired) electrons. The van der Waals surface area contributed by atoms with Gasteiger partial charge in [-0.3, -0.25) is 9.79 Å². The van der Waals surface area contributed by atoms with Crippen LogP contribution in [0.2, 0.25) is 0 Å². The fraction of sp³-hybridized carbons (Fsp3) is 0. The van der Waals surface area contributed by atoms with E-state index in [9.17, 15) is 4.57 Å². The Labute approximate surface area is 177 Å². The molecule has 7 heteroatoms. The first-order valence-corrected chi connectivity index (χ1v) is 10.9. The molecule has 0 aliphatic rings. The molecule has 5 aromatic carbocycles. The Balaban J connectivity index is 0.000000245. The number of rotatable bonds is 2. The zero-order valence-electron chi connectivity index (χ0n) is 16.2. The first-order chi connectivity index (χ1) is 14.8. The van der Waals surface area contributed by atoms with E-state index in [1.54, 1.807) is 18.2 Å². The highest BCUT2D eigenvalue weighted by molar-refractivity contribution is 7.46. The molecule has 156 valence electrons. The average Bonchev–Trinajstić information content (AvgIpc) is 2.71. The second-order valence-electron chi connectivity index (χ2n) is 6.94. The van der Waals surface area contributed by atoms with E-state index in [-0.39, 0.29) is 17.2 Å². The highest BCUT2D eigenvalue weighted by Gasteiger charge is 2.18. The molecule has 31 heavy (non-hydrogen) atoms. The smallest absolute Gasteiger partial charge is 0.508 e. The van der Waals surface area contributed by atoms with Gasteiger partial charge in [-0.2, -0.15) is 0 Å². The maximum atomic E-state index is 11.3. The Hall–Kier alpha value is -3.57. The maximum absolute atomic E-state index is 11.3. The van der Waals surface area contributed by atoms with E-state index >= 15 is 0 Å². The van der Waals surface area contributed by atoms with E-state index in [2.05, 4.69) is 6.07 Å². The summed E-state index contributed by atoms with van der Waals surface area (Å²) in [5, 5.41) is 23.0. The molecule has 0 atom stereocenters. The quantitative estimate of drug-likeness (QED) is 0.161. The molecule has 0 bridgehead atoms. The van der Waals surface area contributed by atoms with Gasteiger partial charge in [0.05, 0.1) is 0 Å². The molecule has 0 heterocycles. The lowest BCUT2D eigenvalue weighted by atomic mass is 9.98. The largest absolute Gasteiger partial charge is 0.524 e. The van der Waals surface area contributed by atoms with Gasteiger partial charge < -0.3 is 14.7 Å². The second-order valence-corrected chi connectivity index (χ2v) is 8.11. The molecule has 0 unspecified atom stereocenters. The van der Waals surface area contributed by atoms with Crippen LogP contribution in [0.15, 0.2) is 91.0 Å². The zero-order valence-corrected chi connectivity index (χ0v) is 17.1. The molecule has 4 N–H and O–H groups in total. The van der Waals surface area contributed by atoms with E-state index in [1.807, 2.05) is 48.5 Å². The molecule has 0 aliphatic carbocycles. The predicted octanol–water partition coefficient (Wildman–Crippen LogP) is 5.72. The van der Waals surface area contributed by atoms with Gasteiger partial charge in [-0.25, -0.2) is 4.57 Å². The topological polar surface area (TPSA) is 107 Å². The zero-order chi connectivity index (χ0) is 22.0. The average molecular weight is 434 g/mol. The summed E-state index contributed by atoms with van der Waals surface area (Å²) >= 11 is 0. The van der Waals surface area contributed by atoms with E-state index in [4.69, 9.17) is 24.5 Å². The summed E-state index contributed by atoms with van der Waals surface area (Å²) in [6, 6.07) is 27.1. The number of benzene rings is 5. The summed E-state index contributed by atoms with van der Waals surface area (Å²) in [6.45, 7) is 0. The highest BCUT2D eigenvalue weighted by Crippen LogP contribution is 2.43. The fourth-order valence-electron chi connectivity index (χ4n) is 3.46. The first-order valence-electron chi connectivity index (χ1n) is 9.37. The van der Waals surface area contributed by atoms with Crippen molar-refractivity contribution in [3.63, 3.8) is 0 Å². The molecule has 0 saturated carbocycles. The van der Waals surface area contributed by atoms with Crippen LogP contribution in [0, 0.1) is 0 Å². The molecule has 0 aliphatic heterocycles. The summed E-state index contributed by atoms with van der Waals surface area (Å²) in [5.74, 6) is 0.367.